The lowest BCUT2D eigenvalue weighted by Gasteiger charge is -2.18. The van der Waals surface area contributed by atoms with E-state index in [1.165, 1.54) is 12.8 Å². The minimum Gasteiger partial charge on any atom is -0.493 e. The molecule has 0 radical (unpaired) electrons. The predicted molar refractivity (Wildman–Crippen MR) is 129 cm³/mol. The number of fused-ring (bicyclic) bond motifs is 1. The number of halogens is 1. The molecule has 0 bridgehead atoms. The van der Waals surface area contributed by atoms with Crippen molar-refractivity contribution in [3.05, 3.63) is 77.2 Å². The first kappa shape index (κ1) is 20.6. The van der Waals surface area contributed by atoms with Crippen LogP contribution >= 0.6 is 11.6 Å². The van der Waals surface area contributed by atoms with E-state index < -0.39 is 0 Å². The van der Waals surface area contributed by atoms with Crippen molar-refractivity contribution in [1.29, 1.82) is 0 Å². The van der Waals surface area contributed by atoms with Crippen LogP contribution in [0.2, 0.25) is 5.02 Å². The number of hydrogen-bond acceptors (Lipinski definition) is 4. The monoisotopic (exact) mass is 445 g/mol. The molecule has 0 amide bonds. The van der Waals surface area contributed by atoms with E-state index in [2.05, 4.69) is 4.98 Å². The highest BCUT2D eigenvalue weighted by molar-refractivity contribution is 6.30. The number of hydrogen-bond donors (Lipinski definition) is 0. The largest absolute Gasteiger partial charge is 0.493 e. The summed E-state index contributed by atoms with van der Waals surface area (Å²) in [6.07, 6.45) is 10.5. The Kier molecular flexibility index (Phi) is 5.82. The van der Waals surface area contributed by atoms with Crippen LogP contribution in [0, 0.1) is 0 Å². The molecule has 5 rings (SSSR count). The van der Waals surface area contributed by atoms with Crippen molar-refractivity contribution in [2.75, 3.05) is 7.11 Å². The molecule has 0 aliphatic heterocycles. The summed E-state index contributed by atoms with van der Waals surface area (Å²) in [5.41, 5.74) is 2.84. The van der Waals surface area contributed by atoms with Crippen molar-refractivity contribution in [1.82, 2.24) is 14.5 Å². The number of aromatic nitrogens is 3. The third kappa shape index (κ3) is 4.08. The van der Waals surface area contributed by atoms with Gasteiger partial charge in [0.2, 0.25) is 0 Å². The summed E-state index contributed by atoms with van der Waals surface area (Å²) in [4.78, 5) is 9.35. The van der Waals surface area contributed by atoms with Gasteiger partial charge in [0.25, 0.3) is 0 Å². The molecule has 1 aliphatic rings. The molecule has 162 valence electrons. The minimum atomic E-state index is 0.237. The van der Waals surface area contributed by atoms with Crippen molar-refractivity contribution in [3.63, 3.8) is 0 Å². The quantitative estimate of drug-likeness (QED) is 0.336. The first-order valence-electron chi connectivity index (χ1n) is 10.8. The Morgan fingerprint density at radius 1 is 1.00 bits per heavy atom. The Bertz CT molecular complexity index is 1260. The van der Waals surface area contributed by atoms with E-state index in [1.54, 1.807) is 13.3 Å². The van der Waals surface area contributed by atoms with Gasteiger partial charge in [0.05, 0.1) is 29.3 Å². The summed E-state index contributed by atoms with van der Waals surface area (Å²) in [6, 6.07) is 17.7. The van der Waals surface area contributed by atoms with Gasteiger partial charge in [-0.05, 0) is 68.2 Å². The van der Waals surface area contributed by atoms with E-state index in [1.807, 2.05) is 71.3 Å². The molecule has 1 fully saturated rings. The highest BCUT2D eigenvalue weighted by atomic mass is 35.5. The van der Waals surface area contributed by atoms with Crippen molar-refractivity contribution in [2.24, 2.45) is 0 Å². The number of para-hydroxylation sites is 3. The first-order valence-corrected chi connectivity index (χ1v) is 11.2. The van der Waals surface area contributed by atoms with E-state index in [0.29, 0.717) is 5.02 Å². The maximum atomic E-state index is 6.37. The Hall–Kier alpha value is -3.31. The van der Waals surface area contributed by atoms with Gasteiger partial charge in [-0.1, -0.05) is 35.9 Å². The molecular weight excluding hydrogens is 422 g/mol. The number of rotatable bonds is 6. The fraction of sp³-hybridized carbons (Fsp3) is 0.231. The molecule has 2 heterocycles. The van der Waals surface area contributed by atoms with E-state index in [9.17, 15) is 0 Å². The van der Waals surface area contributed by atoms with Crippen molar-refractivity contribution in [2.45, 2.75) is 31.8 Å². The lowest BCUT2D eigenvalue weighted by Crippen LogP contribution is -2.12. The summed E-state index contributed by atoms with van der Waals surface area (Å²) in [7, 11) is 1.68. The molecule has 4 aromatic rings. The maximum Gasteiger partial charge on any atom is 0.168 e. The van der Waals surface area contributed by atoms with Gasteiger partial charge in [0.15, 0.2) is 11.5 Å². The van der Waals surface area contributed by atoms with Crippen LogP contribution in [0.25, 0.3) is 29.0 Å². The maximum absolute atomic E-state index is 6.37. The van der Waals surface area contributed by atoms with Crippen LogP contribution in [0.1, 0.15) is 37.1 Å². The smallest absolute Gasteiger partial charge is 0.168 e. The van der Waals surface area contributed by atoms with Crippen molar-refractivity contribution < 1.29 is 9.47 Å². The first-order chi connectivity index (χ1) is 15.7. The summed E-state index contributed by atoms with van der Waals surface area (Å²) in [6.45, 7) is 0. The van der Waals surface area contributed by atoms with Crippen LogP contribution in [-0.2, 0) is 0 Å². The van der Waals surface area contributed by atoms with Crippen LogP contribution in [0.4, 0.5) is 0 Å². The Balaban J connectivity index is 1.57. The second-order valence-corrected chi connectivity index (χ2v) is 8.30. The fourth-order valence-corrected chi connectivity index (χ4v) is 4.30. The number of methoxy groups -OCH3 is 1. The summed E-state index contributed by atoms with van der Waals surface area (Å²) in [5, 5.41) is 0.598. The van der Waals surface area contributed by atoms with Crippen LogP contribution in [0.15, 0.2) is 60.8 Å². The average molecular weight is 446 g/mol. The predicted octanol–water partition coefficient (Wildman–Crippen LogP) is 6.57. The summed E-state index contributed by atoms with van der Waals surface area (Å²) >= 11 is 6.06. The van der Waals surface area contributed by atoms with E-state index >= 15 is 0 Å². The lowest BCUT2D eigenvalue weighted by molar-refractivity contribution is 0.200. The molecule has 32 heavy (non-hydrogen) atoms. The van der Waals surface area contributed by atoms with Crippen LogP contribution < -0.4 is 9.47 Å². The second kappa shape index (κ2) is 9.05. The van der Waals surface area contributed by atoms with Gasteiger partial charge >= 0.3 is 0 Å². The van der Waals surface area contributed by atoms with E-state index in [0.717, 1.165) is 52.6 Å². The molecule has 0 atom stereocenters. The molecular formula is C26H24ClN3O2. The molecule has 0 spiro atoms. The van der Waals surface area contributed by atoms with Crippen LogP contribution in [0.3, 0.4) is 0 Å². The van der Waals surface area contributed by atoms with Gasteiger partial charge in [-0.15, -0.1) is 0 Å². The van der Waals surface area contributed by atoms with Crippen LogP contribution in [-0.4, -0.2) is 27.7 Å². The fourth-order valence-electron chi connectivity index (χ4n) is 4.19. The third-order valence-corrected chi connectivity index (χ3v) is 5.98. The molecule has 2 aromatic carbocycles. The Morgan fingerprint density at radius 2 is 1.84 bits per heavy atom. The molecule has 2 aromatic heterocycles. The third-order valence-electron chi connectivity index (χ3n) is 5.76. The summed E-state index contributed by atoms with van der Waals surface area (Å²) in [5.74, 6) is 3.06. The van der Waals surface area contributed by atoms with Gasteiger partial charge in [-0.2, -0.15) is 0 Å². The second-order valence-electron chi connectivity index (χ2n) is 7.87. The summed E-state index contributed by atoms with van der Waals surface area (Å²) < 4.78 is 14.0. The van der Waals surface area contributed by atoms with E-state index in [-0.39, 0.29) is 6.10 Å². The molecule has 1 saturated carbocycles. The van der Waals surface area contributed by atoms with Gasteiger partial charge in [0, 0.05) is 11.8 Å². The molecule has 0 unspecified atom stereocenters. The molecule has 1 aliphatic carbocycles. The normalized spacial score (nSPS) is 14.4. The minimum absolute atomic E-state index is 0.237. The SMILES string of the molecule is COc1cccc(C=Cc2nc3ccccc3n2-c2ccc(Cl)cn2)c1OC1CCCC1. The highest BCUT2D eigenvalue weighted by Gasteiger charge is 2.20. The Labute approximate surface area is 192 Å². The van der Waals surface area contributed by atoms with Crippen molar-refractivity contribution >= 4 is 34.8 Å². The number of ether oxygens (including phenoxy) is 2. The molecule has 6 heteroatoms. The number of imidazole rings is 1. The van der Waals surface area contributed by atoms with Crippen LogP contribution in [0.5, 0.6) is 11.5 Å². The number of pyridine rings is 1. The molecule has 5 nitrogen and oxygen atoms in total. The number of benzene rings is 2. The van der Waals surface area contributed by atoms with Gasteiger partial charge < -0.3 is 9.47 Å². The lowest BCUT2D eigenvalue weighted by atomic mass is 10.1. The molecule has 0 N–H and O–H groups in total. The average Bonchev–Trinajstić information content (AvgIpc) is 3.46. The number of nitrogens with zero attached hydrogens (tertiary/aromatic N) is 3. The van der Waals surface area contributed by atoms with Crippen molar-refractivity contribution in [3.8, 4) is 17.3 Å². The van der Waals surface area contributed by atoms with Gasteiger partial charge in [-0.3, -0.25) is 4.57 Å². The Morgan fingerprint density at radius 3 is 2.62 bits per heavy atom. The standard InChI is InChI=1S/C26H24ClN3O2/c1-31-23-12-6-7-18(26(23)32-20-8-2-3-9-20)13-15-25-29-21-10-4-5-11-22(21)30(25)24-16-14-19(27)17-28-24/h4-7,10-17,20H,2-3,8-9H2,1H3. The molecule has 0 saturated heterocycles. The zero-order chi connectivity index (χ0) is 21.9. The highest BCUT2D eigenvalue weighted by Crippen LogP contribution is 2.36. The topological polar surface area (TPSA) is 49.2 Å². The van der Waals surface area contributed by atoms with Gasteiger partial charge in [-0.25, -0.2) is 9.97 Å². The zero-order valence-corrected chi connectivity index (χ0v) is 18.6. The zero-order valence-electron chi connectivity index (χ0n) is 17.9. The van der Waals surface area contributed by atoms with Gasteiger partial charge in [0.1, 0.15) is 11.6 Å². The van der Waals surface area contributed by atoms with E-state index in [4.69, 9.17) is 26.1 Å².